The van der Waals surface area contributed by atoms with Crippen LogP contribution < -0.4 is 5.32 Å². The third-order valence-corrected chi connectivity index (χ3v) is 4.08. The molecule has 0 radical (unpaired) electrons. The average Bonchev–Trinajstić information content (AvgIpc) is 2.33. The second-order valence-electron chi connectivity index (χ2n) is 6.15. The van der Waals surface area contributed by atoms with Crippen molar-refractivity contribution in [2.75, 3.05) is 32.0 Å². The molecule has 3 heteroatoms. The zero-order valence-electron chi connectivity index (χ0n) is 12.3. The summed E-state index contributed by atoms with van der Waals surface area (Å²) in [5.74, 6) is 0.136. The van der Waals surface area contributed by atoms with Crippen LogP contribution in [-0.2, 0) is 4.79 Å². The molecule has 1 heterocycles. The largest absolute Gasteiger partial charge is 0.321 e. The molecule has 0 bridgehead atoms. The van der Waals surface area contributed by atoms with Gasteiger partial charge in [0, 0.05) is 5.69 Å². The highest BCUT2D eigenvalue weighted by atomic mass is 16.2. The molecule has 0 aliphatic carbocycles. The van der Waals surface area contributed by atoms with Gasteiger partial charge in [0.05, 0.1) is 20.1 Å². The van der Waals surface area contributed by atoms with Gasteiger partial charge in [-0.1, -0.05) is 17.7 Å². The summed E-state index contributed by atoms with van der Waals surface area (Å²) in [6, 6.07) is 6.14. The molecule has 1 aromatic carbocycles. The number of rotatable bonds is 3. The van der Waals surface area contributed by atoms with Crippen LogP contribution in [0, 0.1) is 13.8 Å². The van der Waals surface area contributed by atoms with Crippen molar-refractivity contribution in [2.24, 2.45) is 0 Å². The van der Waals surface area contributed by atoms with E-state index in [1.165, 1.54) is 24.8 Å². The fourth-order valence-electron chi connectivity index (χ4n) is 2.92. The van der Waals surface area contributed by atoms with E-state index >= 15 is 0 Å². The summed E-state index contributed by atoms with van der Waals surface area (Å²) in [5, 5.41) is 3.06. The molecule has 0 saturated carbocycles. The first-order chi connectivity index (χ1) is 8.98. The highest BCUT2D eigenvalue weighted by Gasteiger charge is 2.27. The van der Waals surface area contributed by atoms with Gasteiger partial charge in [0.2, 0.25) is 0 Å². The minimum atomic E-state index is 0.136. The lowest BCUT2D eigenvalue weighted by molar-refractivity contribution is -0.906. The van der Waals surface area contributed by atoms with E-state index in [9.17, 15) is 4.79 Å². The van der Waals surface area contributed by atoms with Gasteiger partial charge in [-0.05, 0) is 44.7 Å². The van der Waals surface area contributed by atoms with Gasteiger partial charge in [-0.25, -0.2) is 0 Å². The van der Waals surface area contributed by atoms with Gasteiger partial charge in [0.1, 0.15) is 0 Å². The molecule has 3 nitrogen and oxygen atoms in total. The van der Waals surface area contributed by atoms with E-state index in [1.54, 1.807) is 0 Å². The summed E-state index contributed by atoms with van der Waals surface area (Å²) < 4.78 is 0.886. The van der Waals surface area contributed by atoms with Gasteiger partial charge in [-0.15, -0.1) is 0 Å². The number of hydrogen-bond acceptors (Lipinski definition) is 1. The Morgan fingerprint density at radius 3 is 2.53 bits per heavy atom. The van der Waals surface area contributed by atoms with E-state index in [2.05, 4.69) is 25.4 Å². The Hall–Kier alpha value is -1.35. The van der Waals surface area contributed by atoms with Gasteiger partial charge >= 0.3 is 0 Å². The SMILES string of the molecule is Cc1ccc(NC(=O)C[N+]2(C)CCCCC2)c(C)c1. The first kappa shape index (κ1) is 14.1. The number of nitrogens with zero attached hydrogens (tertiary/aromatic N) is 1. The van der Waals surface area contributed by atoms with Crippen LogP contribution in [0.2, 0.25) is 0 Å². The number of quaternary nitrogens is 1. The van der Waals surface area contributed by atoms with Crippen molar-refractivity contribution in [1.29, 1.82) is 0 Å². The lowest BCUT2D eigenvalue weighted by Crippen LogP contribution is -2.52. The number of carbonyl (C=O) groups is 1. The number of aryl methyl sites for hydroxylation is 2. The molecule has 0 atom stereocenters. The molecular weight excluding hydrogens is 236 g/mol. The molecule has 1 saturated heterocycles. The molecule has 0 aromatic heterocycles. The fourth-order valence-corrected chi connectivity index (χ4v) is 2.92. The second-order valence-corrected chi connectivity index (χ2v) is 6.15. The smallest absolute Gasteiger partial charge is 0.279 e. The van der Waals surface area contributed by atoms with Gasteiger partial charge in [0.15, 0.2) is 6.54 Å². The van der Waals surface area contributed by atoms with Crippen molar-refractivity contribution in [1.82, 2.24) is 0 Å². The van der Waals surface area contributed by atoms with Crippen molar-refractivity contribution in [3.05, 3.63) is 29.3 Å². The highest BCUT2D eigenvalue weighted by Crippen LogP contribution is 2.18. The highest BCUT2D eigenvalue weighted by molar-refractivity contribution is 5.92. The number of carbonyl (C=O) groups excluding carboxylic acids is 1. The van der Waals surface area contributed by atoms with Crippen LogP contribution in [0.15, 0.2) is 18.2 Å². The predicted octanol–water partition coefficient (Wildman–Crippen LogP) is 2.87. The number of amides is 1. The Morgan fingerprint density at radius 2 is 1.89 bits per heavy atom. The number of likely N-dealkylation sites (N-methyl/N-ethyl adjacent to an activating group) is 1. The number of piperidine rings is 1. The maximum absolute atomic E-state index is 12.2. The molecule has 1 aliphatic heterocycles. The zero-order valence-corrected chi connectivity index (χ0v) is 12.3. The van der Waals surface area contributed by atoms with Gasteiger partial charge < -0.3 is 9.80 Å². The maximum Gasteiger partial charge on any atom is 0.279 e. The first-order valence-electron chi connectivity index (χ1n) is 7.19. The van der Waals surface area contributed by atoms with E-state index in [-0.39, 0.29) is 5.91 Å². The summed E-state index contributed by atoms with van der Waals surface area (Å²) in [6.07, 6.45) is 3.80. The van der Waals surface area contributed by atoms with Crippen LogP contribution in [0.5, 0.6) is 0 Å². The molecule has 1 aliphatic rings. The number of anilines is 1. The Bertz CT molecular complexity index is 462. The average molecular weight is 261 g/mol. The third kappa shape index (κ3) is 3.80. The van der Waals surface area contributed by atoms with Crippen molar-refractivity contribution in [2.45, 2.75) is 33.1 Å². The molecule has 0 unspecified atom stereocenters. The summed E-state index contributed by atoms with van der Waals surface area (Å²) >= 11 is 0. The van der Waals surface area contributed by atoms with Crippen molar-refractivity contribution in [3.63, 3.8) is 0 Å². The molecular formula is C16H25N2O+. The molecule has 104 valence electrons. The molecule has 1 N–H and O–H groups in total. The van der Waals surface area contributed by atoms with Crippen LogP contribution in [-0.4, -0.2) is 37.1 Å². The van der Waals surface area contributed by atoms with Gasteiger partial charge in [0.25, 0.3) is 5.91 Å². The van der Waals surface area contributed by atoms with Crippen molar-refractivity contribution >= 4 is 11.6 Å². The molecule has 1 fully saturated rings. The van der Waals surface area contributed by atoms with Crippen LogP contribution in [0.1, 0.15) is 30.4 Å². The van der Waals surface area contributed by atoms with Crippen molar-refractivity contribution in [3.8, 4) is 0 Å². The minimum absolute atomic E-state index is 0.136. The standard InChI is InChI=1S/C16H24N2O/c1-13-7-8-15(14(2)11-13)17-16(19)12-18(3)9-5-4-6-10-18/h7-8,11H,4-6,9-10,12H2,1-3H3/p+1. The number of hydrogen-bond donors (Lipinski definition) is 1. The minimum Gasteiger partial charge on any atom is -0.321 e. The topological polar surface area (TPSA) is 29.1 Å². The molecule has 19 heavy (non-hydrogen) atoms. The van der Waals surface area contributed by atoms with E-state index < -0.39 is 0 Å². The monoisotopic (exact) mass is 261 g/mol. The van der Waals surface area contributed by atoms with E-state index in [0.29, 0.717) is 6.54 Å². The van der Waals surface area contributed by atoms with E-state index in [1.807, 2.05) is 19.1 Å². The summed E-state index contributed by atoms with van der Waals surface area (Å²) in [4.78, 5) is 12.2. The Kier molecular flexibility index (Phi) is 4.25. The lowest BCUT2D eigenvalue weighted by atomic mass is 10.1. The molecule has 1 amide bonds. The van der Waals surface area contributed by atoms with E-state index in [4.69, 9.17) is 0 Å². The second kappa shape index (κ2) is 5.74. The summed E-state index contributed by atoms with van der Waals surface area (Å²) in [7, 11) is 2.20. The number of likely N-dealkylation sites (tertiary alicyclic amines) is 1. The van der Waals surface area contributed by atoms with E-state index in [0.717, 1.165) is 28.8 Å². The van der Waals surface area contributed by atoms with Gasteiger partial charge in [-0.2, -0.15) is 0 Å². The van der Waals surface area contributed by atoms with Crippen LogP contribution in [0.4, 0.5) is 5.69 Å². The van der Waals surface area contributed by atoms with Gasteiger partial charge in [-0.3, -0.25) is 4.79 Å². The summed E-state index contributed by atoms with van der Waals surface area (Å²) in [5.41, 5.74) is 3.30. The fraction of sp³-hybridized carbons (Fsp3) is 0.562. The van der Waals surface area contributed by atoms with Crippen LogP contribution >= 0.6 is 0 Å². The normalized spacial score (nSPS) is 18.1. The quantitative estimate of drug-likeness (QED) is 0.833. The maximum atomic E-state index is 12.2. The number of benzene rings is 1. The zero-order chi connectivity index (χ0) is 13.9. The Labute approximate surface area is 116 Å². The lowest BCUT2D eigenvalue weighted by Gasteiger charge is -2.37. The third-order valence-electron chi connectivity index (χ3n) is 4.08. The molecule has 0 spiro atoms. The Balaban J connectivity index is 1.97. The number of nitrogens with one attached hydrogen (secondary N) is 1. The predicted molar refractivity (Wildman–Crippen MR) is 79.2 cm³/mol. The van der Waals surface area contributed by atoms with Crippen molar-refractivity contribution < 1.29 is 9.28 Å². The first-order valence-corrected chi connectivity index (χ1v) is 7.19. The molecule has 2 rings (SSSR count). The molecule has 1 aromatic rings. The summed E-state index contributed by atoms with van der Waals surface area (Å²) in [6.45, 7) is 6.95. The Morgan fingerprint density at radius 1 is 1.21 bits per heavy atom. The van der Waals surface area contributed by atoms with Crippen LogP contribution in [0.3, 0.4) is 0 Å². The van der Waals surface area contributed by atoms with Crippen LogP contribution in [0.25, 0.3) is 0 Å².